The molecule has 0 N–H and O–H groups in total. The molecule has 0 spiro atoms. The number of piperidine rings is 1. The molecule has 11 nitrogen and oxygen atoms in total. The number of likely N-dealkylation sites (N-methyl/N-ethyl adjacent to an activating group) is 1. The lowest BCUT2D eigenvalue weighted by Gasteiger charge is -2.33. The second-order valence-corrected chi connectivity index (χ2v) is 12.1. The molecular formula is C32H33F3N7O4+. The monoisotopic (exact) mass is 636 g/mol. The number of aromatic nitrogens is 4. The second kappa shape index (κ2) is 12.3. The molecule has 14 heteroatoms. The Morgan fingerprint density at radius 1 is 1.04 bits per heavy atom. The van der Waals surface area contributed by atoms with Gasteiger partial charge in [0.05, 0.1) is 56.5 Å². The molecule has 0 unspecified atom stereocenters. The topological polar surface area (TPSA) is 95.7 Å². The summed E-state index contributed by atoms with van der Waals surface area (Å²) in [6, 6.07) is 12.3. The van der Waals surface area contributed by atoms with Gasteiger partial charge in [0.25, 0.3) is 11.5 Å². The molecule has 0 aliphatic carbocycles. The summed E-state index contributed by atoms with van der Waals surface area (Å²) in [4.78, 5) is 45.6. The fourth-order valence-corrected chi connectivity index (χ4v) is 5.48. The summed E-state index contributed by atoms with van der Waals surface area (Å²) in [7, 11) is 7.23. The zero-order valence-electron chi connectivity index (χ0n) is 25.8. The van der Waals surface area contributed by atoms with Crippen LogP contribution in [0, 0.1) is 6.57 Å². The number of alkyl halides is 3. The Labute approximate surface area is 263 Å². The maximum Gasteiger partial charge on any atom is 0.416 e. The molecule has 5 rings (SSSR count). The van der Waals surface area contributed by atoms with Gasteiger partial charge in [0.1, 0.15) is 11.8 Å². The van der Waals surface area contributed by atoms with Crippen LogP contribution < -0.4 is 5.56 Å². The van der Waals surface area contributed by atoms with Crippen LogP contribution in [0.5, 0.6) is 0 Å². The van der Waals surface area contributed by atoms with Crippen LogP contribution in [0.2, 0.25) is 0 Å². The van der Waals surface area contributed by atoms with Gasteiger partial charge in [-0.1, -0.05) is 18.2 Å². The molecule has 1 aliphatic heterocycles. The van der Waals surface area contributed by atoms with E-state index in [-0.39, 0.29) is 22.9 Å². The van der Waals surface area contributed by atoms with Crippen LogP contribution in [0.4, 0.5) is 18.9 Å². The van der Waals surface area contributed by atoms with Crippen molar-refractivity contribution in [2.75, 3.05) is 40.8 Å². The highest BCUT2D eigenvalue weighted by atomic mass is 19.4. The number of nitrogens with zero attached hydrogens (tertiary/aromatic N) is 7. The standard InChI is InChI=1S/C32H33F3N7O4/c1-36-22-9-11-23(12-10-22)40-26(13-16-37-40)29-28(30(44)41(38(29)2)24-8-6-7-21(19-24)32(33,34)35)31(45)46-25-14-17-39(18-15-25)27(43)20-42(3,4)5/h6-13,16,19,25H,14-15,17-18,20H2,2-5H3/q+1. The number of halogens is 3. The van der Waals surface area contributed by atoms with Gasteiger partial charge in [-0.2, -0.15) is 18.3 Å². The summed E-state index contributed by atoms with van der Waals surface area (Å²) in [6.45, 7) is 8.29. The molecule has 0 radical (unpaired) electrons. The Kier molecular flexibility index (Phi) is 8.64. The largest absolute Gasteiger partial charge is 0.458 e. The van der Waals surface area contributed by atoms with Crippen molar-refractivity contribution in [2.24, 2.45) is 7.05 Å². The Morgan fingerprint density at radius 3 is 2.33 bits per heavy atom. The van der Waals surface area contributed by atoms with E-state index in [1.807, 2.05) is 21.1 Å². The highest BCUT2D eigenvalue weighted by Gasteiger charge is 2.34. The van der Waals surface area contributed by atoms with Crippen LogP contribution in [0.25, 0.3) is 27.6 Å². The summed E-state index contributed by atoms with van der Waals surface area (Å²) < 4.78 is 50.9. The van der Waals surface area contributed by atoms with E-state index in [1.165, 1.54) is 34.7 Å². The lowest BCUT2D eigenvalue weighted by Crippen LogP contribution is -2.49. The molecule has 1 fully saturated rings. The van der Waals surface area contributed by atoms with E-state index in [9.17, 15) is 27.6 Å². The Morgan fingerprint density at radius 2 is 1.72 bits per heavy atom. The van der Waals surface area contributed by atoms with Crippen LogP contribution in [0.1, 0.15) is 28.8 Å². The molecule has 1 saturated heterocycles. The summed E-state index contributed by atoms with van der Waals surface area (Å²) in [5, 5.41) is 4.36. The third kappa shape index (κ3) is 6.59. The summed E-state index contributed by atoms with van der Waals surface area (Å²) in [6.07, 6.45) is -3.05. The number of quaternary nitrogens is 1. The number of amides is 1. The van der Waals surface area contributed by atoms with Crippen molar-refractivity contribution < 1.29 is 32.0 Å². The summed E-state index contributed by atoms with van der Waals surface area (Å²) in [5.41, 5.74) is -0.994. The van der Waals surface area contributed by atoms with E-state index in [0.29, 0.717) is 54.0 Å². The molecular weight excluding hydrogens is 603 g/mol. The average Bonchev–Trinajstić information content (AvgIpc) is 3.58. The second-order valence-electron chi connectivity index (χ2n) is 12.1. The molecule has 0 atom stereocenters. The Balaban J connectivity index is 1.54. The third-order valence-electron chi connectivity index (χ3n) is 7.68. The van der Waals surface area contributed by atoms with E-state index in [1.54, 1.807) is 35.2 Å². The van der Waals surface area contributed by atoms with Gasteiger partial charge in [0, 0.05) is 33.0 Å². The SMILES string of the molecule is [C-]#[N+]c1ccc(-n2nccc2-c2c(C(=O)OC3CCN(C(=O)C[N+](C)(C)C)CC3)c(=O)n(-c3cccc(C(F)(F)F)c3)n2C)cc1. The molecule has 3 heterocycles. The zero-order valence-corrected chi connectivity index (χ0v) is 25.8. The quantitative estimate of drug-likeness (QED) is 0.170. The van der Waals surface area contributed by atoms with Crippen molar-refractivity contribution in [3.8, 4) is 22.8 Å². The first kappa shape index (κ1) is 32.2. The Bertz CT molecular complexity index is 1870. The van der Waals surface area contributed by atoms with Crippen molar-refractivity contribution >= 4 is 17.6 Å². The normalized spacial score (nSPS) is 14.3. The number of carbonyl (C=O) groups excluding carboxylic acids is 2. The molecule has 1 aliphatic rings. The van der Waals surface area contributed by atoms with Gasteiger partial charge in [0.15, 0.2) is 17.8 Å². The minimum atomic E-state index is -4.66. The number of likely N-dealkylation sites (tertiary alicyclic amines) is 1. The van der Waals surface area contributed by atoms with Gasteiger partial charge in [0.2, 0.25) is 0 Å². The third-order valence-corrected chi connectivity index (χ3v) is 7.68. The smallest absolute Gasteiger partial charge is 0.416 e. The van der Waals surface area contributed by atoms with Crippen LogP contribution in [-0.4, -0.2) is 87.3 Å². The summed E-state index contributed by atoms with van der Waals surface area (Å²) in [5.74, 6) is -0.946. The maximum atomic E-state index is 14.0. The number of rotatable bonds is 7. The fraction of sp³-hybridized carbons (Fsp3) is 0.344. The van der Waals surface area contributed by atoms with Crippen LogP contribution in [0.3, 0.4) is 0 Å². The molecule has 4 aromatic rings. The highest BCUT2D eigenvalue weighted by Crippen LogP contribution is 2.32. The molecule has 1 amide bonds. The van der Waals surface area contributed by atoms with Crippen molar-refractivity contribution in [3.63, 3.8) is 0 Å². The fourth-order valence-electron chi connectivity index (χ4n) is 5.48. The van der Waals surface area contributed by atoms with Gasteiger partial charge in [-0.05, 0) is 36.4 Å². The van der Waals surface area contributed by atoms with Gasteiger partial charge in [-0.25, -0.2) is 19.0 Å². The first-order valence-electron chi connectivity index (χ1n) is 14.5. The van der Waals surface area contributed by atoms with E-state index >= 15 is 0 Å². The minimum absolute atomic E-state index is 0.00992. The van der Waals surface area contributed by atoms with Gasteiger partial charge < -0.3 is 14.1 Å². The van der Waals surface area contributed by atoms with Crippen LogP contribution in [0.15, 0.2) is 65.6 Å². The Hall–Kier alpha value is -5.16. The van der Waals surface area contributed by atoms with Gasteiger partial charge >= 0.3 is 12.1 Å². The molecule has 240 valence electrons. The minimum Gasteiger partial charge on any atom is -0.458 e. The van der Waals surface area contributed by atoms with Crippen molar-refractivity contribution in [3.05, 3.63) is 93.7 Å². The molecule has 46 heavy (non-hydrogen) atoms. The average molecular weight is 637 g/mol. The number of ether oxygens (including phenoxy) is 1. The highest BCUT2D eigenvalue weighted by molar-refractivity contribution is 5.96. The van der Waals surface area contributed by atoms with Crippen molar-refractivity contribution in [1.29, 1.82) is 0 Å². The van der Waals surface area contributed by atoms with Crippen molar-refractivity contribution in [2.45, 2.75) is 25.1 Å². The molecule has 2 aromatic heterocycles. The summed E-state index contributed by atoms with van der Waals surface area (Å²) >= 11 is 0. The predicted octanol–water partition coefficient (Wildman–Crippen LogP) is 4.45. The van der Waals surface area contributed by atoms with Crippen LogP contribution in [-0.2, 0) is 22.8 Å². The van der Waals surface area contributed by atoms with Crippen molar-refractivity contribution in [1.82, 2.24) is 24.0 Å². The molecule has 0 saturated carbocycles. The number of carbonyl (C=O) groups is 2. The van der Waals surface area contributed by atoms with Crippen LogP contribution >= 0.6 is 0 Å². The van der Waals surface area contributed by atoms with E-state index in [0.717, 1.165) is 16.8 Å². The van der Waals surface area contributed by atoms with E-state index < -0.39 is 29.4 Å². The number of hydrogen-bond donors (Lipinski definition) is 0. The first-order valence-corrected chi connectivity index (χ1v) is 14.5. The number of benzene rings is 2. The van der Waals surface area contributed by atoms with Gasteiger partial charge in [-0.15, -0.1) is 0 Å². The van der Waals surface area contributed by atoms with Gasteiger partial charge in [-0.3, -0.25) is 14.3 Å². The zero-order chi connectivity index (χ0) is 33.4. The first-order chi connectivity index (χ1) is 21.7. The number of hydrogen-bond acceptors (Lipinski definition) is 5. The molecule has 0 bridgehead atoms. The molecule has 2 aromatic carbocycles. The number of esters is 1. The lowest BCUT2D eigenvalue weighted by molar-refractivity contribution is -0.862. The lowest BCUT2D eigenvalue weighted by atomic mass is 10.1. The maximum absolute atomic E-state index is 14.0. The predicted molar refractivity (Wildman–Crippen MR) is 163 cm³/mol. The van der Waals surface area contributed by atoms with E-state index in [4.69, 9.17) is 11.3 Å². The van der Waals surface area contributed by atoms with E-state index in [2.05, 4.69) is 9.94 Å².